The zero-order valence-electron chi connectivity index (χ0n) is 15.3. The smallest absolute Gasteiger partial charge is 0.161 e. The summed E-state index contributed by atoms with van der Waals surface area (Å²) in [6.07, 6.45) is 10.1. The molecule has 0 amide bonds. The van der Waals surface area contributed by atoms with Crippen LogP contribution in [0, 0.1) is 0 Å². The highest BCUT2D eigenvalue weighted by Gasteiger charge is 2.35. The minimum atomic E-state index is 0.117. The van der Waals surface area contributed by atoms with Crippen molar-refractivity contribution in [3.63, 3.8) is 0 Å². The molecule has 0 aliphatic carbocycles. The van der Waals surface area contributed by atoms with Crippen molar-refractivity contribution in [2.45, 2.75) is 64.1 Å². The number of fused-ring (bicyclic) bond motifs is 3. The molecule has 1 aromatic carbocycles. The standard InChI is InChI=1S/C21H28N2O2/c1-15(24)19-14-22(21-18(19)8-4-9-20(21)25-2)12-5-13-23-16-6-3-7-17(23)11-10-16/h4,8-9,14,16-17H,3,5-7,10-13H2,1-2H3. The highest BCUT2D eigenvalue weighted by atomic mass is 16.5. The molecule has 0 saturated carbocycles. The number of ether oxygens (including phenoxy) is 1. The second-order valence-electron chi connectivity index (χ2n) is 7.56. The van der Waals surface area contributed by atoms with E-state index in [2.05, 4.69) is 9.47 Å². The molecule has 2 saturated heterocycles. The number of hydrogen-bond acceptors (Lipinski definition) is 3. The molecule has 25 heavy (non-hydrogen) atoms. The number of Topliss-reactive ketones (excluding diaryl/α,β-unsaturated/α-hetero) is 1. The largest absolute Gasteiger partial charge is 0.495 e. The molecule has 4 heteroatoms. The molecule has 2 aliphatic heterocycles. The number of aryl methyl sites for hydroxylation is 1. The summed E-state index contributed by atoms with van der Waals surface area (Å²) in [5, 5.41) is 1.00. The molecule has 2 aliphatic rings. The first-order valence-electron chi connectivity index (χ1n) is 9.61. The molecule has 2 unspecified atom stereocenters. The Morgan fingerprint density at radius 2 is 1.92 bits per heavy atom. The van der Waals surface area contributed by atoms with Crippen LogP contribution in [0.5, 0.6) is 5.75 Å². The molecule has 1 aromatic heterocycles. The van der Waals surface area contributed by atoms with Crippen molar-refractivity contribution < 1.29 is 9.53 Å². The Labute approximate surface area is 149 Å². The lowest BCUT2D eigenvalue weighted by Crippen LogP contribution is -2.40. The number of para-hydroxylation sites is 1. The normalized spacial score (nSPS) is 23.3. The minimum Gasteiger partial charge on any atom is -0.495 e. The van der Waals surface area contributed by atoms with E-state index in [-0.39, 0.29) is 5.78 Å². The number of nitrogens with zero attached hydrogens (tertiary/aromatic N) is 2. The Balaban J connectivity index is 1.54. The van der Waals surface area contributed by atoms with Gasteiger partial charge in [-0.05, 0) is 45.1 Å². The predicted molar refractivity (Wildman–Crippen MR) is 100 cm³/mol. The zero-order valence-corrected chi connectivity index (χ0v) is 15.3. The monoisotopic (exact) mass is 340 g/mol. The number of rotatable bonds is 6. The van der Waals surface area contributed by atoms with Crippen molar-refractivity contribution in [1.29, 1.82) is 0 Å². The molecule has 0 spiro atoms. The van der Waals surface area contributed by atoms with Crippen molar-refractivity contribution in [3.8, 4) is 5.75 Å². The van der Waals surface area contributed by atoms with E-state index in [9.17, 15) is 4.79 Å². The molecule has 2 fully saturated rings. The maximum atomic E-state index is 12.0. The van der Waals surface area contributed by atoms with Crippen LogP contribution in [0.3, 0.4) is 0 Å². The number of benzene rings is 1. The van der Waals surface area contributed by atoms with E-state index >= 15 is 0 Å². The third-order valence-corrected chi connectivity index (χ3v) is 6.12. The van der Waals surface area contributed by atoms with Gasteiger partial charge in [-0.1, -0.05) is 18.6 Å². The van der Waals surface area contributed by atoms with Crippen molar-refractivity contribution >= 4 is 16.7 Å². The second kappa shape index (κ2) is 6.83. The summed E-state index contributed by atoms with van der Waals surface area (Å²) in [5.41, 5.74) is 1.85. The van der Waals surface area contributed by atoms with Crippen LogP contribution >= 0.6 is 0 Å². The summed E-state index contributed by atoms with van der Waals surface area (Å²) >= 11 is 0. The minimum absolute atomic E-state index is 0.117. The summed E-state index contributed by atoms with van der Waals surface area (Å²) in [6, 6.07) is 7.61. The van der Waals surface area contributed by atoms with Crippen molar-refractivity contribution in [2.24, 2.45) is 0 Å². The molecule has 2 bridgehead atoms. The first-order chi connectivity index (χ1) is 12.2. The van der Waals surface area contributed by atoms with Crippen LogP contribution in [0.2, 0.25) is 0 Å². The van der Waals surface area contributed by atoms with E-state index in [0.717, 1.165) is 47.3 Å². The Kier molecular flexibility index (Phi) is 4.55. The zero-order chi connectivity index (χ0) is 17.4. The van der Waals surface area contributed by atoms with Gasteiger partial charge in [-0.3, -0.25) is 9.69 Å². The number of piperidine rings is 1. The molecule has 2 aromatic rings. The fourth-order valence-corrected chi connectivity index (χ4v) is 4.96. The average molecular weight is 340 g/mol. The first kappa shape index (κ1) is 16.6. The number of carbonyl (C=O) groups excluding carboxylic acids is 1. The SMILES string of the molecule is COc1cccc2c(C(C)=O)cn(CCCN3C4CCCC3CC4)c12. The number of ketones is 1. The van der Waals surface area contributed by atoms with Gasteiger partial charge in [0.25, 0.3) is 0 Å². The van der Waals surface area contributed by atoms with E-state index in [1.807, 2.05) is 24.4 Å². The van der Waals surface area contributed by atoms with E-state index in [4.69, 9.17) is 4.74 Å². The fourth-order valence-electron chi connectivity index (χ4n) is 4.96. The predicted octanol–water partition coefficient (Wildman–Crippen LogP) is 4.26. The Bertz CT molecular complexity index is 764. The molecule has 4 nitrogen and oxygen atoms in total. The first-order valence-corrected chi connectivity index (χ1v) is 9.61. The maximum absolute atomic E-state index is 12.0. The molecule has 0 radical (unpaired) electrons. The van der Waals surface area contributed by atoms with Gasteiger partial charge in [0.15, 0.2) is 5.78 Å². The Morgan fingerprint density at radius 1 is 1.16 bits per heavy atom. The maximum Gasteiger partial charge on any atom is 0.161 e. The molecular formula is C21H28N2O2. The van der Waals surface area contributed by atoms with Crippen LogP contribution in [0.4, 0.5) is 0 Å². The molecule has 134 valence electrons. The van der Waals surface area contributed by atoms with Gasteiger partial charge < -0.3 is 9.30 Å². The summed E-state index contributed by atoms with van der Waals surface area (Å²) in [4.78, 5) is 14.8. The van der Waals surface area contributed by atoms with Crippen molar-refractivity contribution in [2.75, 3.05) is 13.7 Å². The van der Waals surface area contributed by atoms with Crippen molar-refractivity contribution in [1.82, 2.24) is 9.47 Å². The van der Waals surface area contributed by atoms with Crippen LogP contribution in [-0.4, -0.2) is 41.0 Å². The summed E-state index contributed by atoms with van der Waals surface area (Å²) < 4.78 is 7.78. The second-order valence-corrected chi connectivity index (χ2v) is 7.56. The lowest BCUT2D eigenvalue weighted by molar-refractivity contribution is 0.101. The lowest BCUT2D eigenvalue weighted by Gasteiger charge is -2.34. The van der Waals surface area contributed by atoms with Gasteiger partial charge in [0.05, 0.1) is 12.6 Å². The molecule has 3 heterocycles. The fraction of sp³-hybridized carbons (Fsp3) is 0.571. The van der Waals surface area contributed by atoms with Crippen LogP contribution < -0.4 is 4.74 Å². The van der Waals surface area contributed by atoms with Crippen LogP contribution in [0.1, 0.15) is 55.8 Å². The molecule has 4 rings (SSSR count). The number of carbonyl (C=O) groups is 1. The van der Waals surface area contributed by atoms with E-state index < -0.39 is 0 Å². The van der Waals surface area contributed by atoms with Gasteiger partial charge >= 0.3 is 0 Å². The van der Waals surface area contributed by atoms with E-state index in [1.165, 1.54) is 38.6 Å². The lowest BCUT2D eigenvalue weighted by atomic mass is 10.0. The third-order valence-electron chi connectivity index (χ3n) is 6.12. The van der Waals surface area contributed by atoms with Crippen LogP contribution in [-0.2, 0) is 6.54 Å². The van der Waals surface area contributed by atoms with E-state index in [0.29, 0.717) is 0 Å². The Morgan fingerprint density at radius 3 is 2.60 bits per heavy atom. The van der Waals surface area contributed by atoms with Gasteiger partial charge in [-0.15, -0.1) is 0 Å². The highest BCUT2D eigenvalue weighted by molar-refractivity contribution is 6.08. The van der Waals surface area contributed by atoms with Gasteiger partial charge in [-0.2, -0.15) is 0 Å². The molecule has 0 N–H and O–H groups in total. The third kappa shape index (κ3) is 2.97. The summed E-state index contributed by atoms with van der Waals surface area (Å²) in [7, 11) is 1.70. The number of hydrogen-bond donors (Lipinski definition) is 0. The van der Waals surface area contributed by atoms with Gasteiger partial charge in [0, 0.05) is 42.3 Å². The molecular weight excluding hydrogens is 312 g/mol. The quantitative estimate of drug-likeness (QED) is 0.737. The topological polar surface area (TPSA) is 34.5 Å². The van der Waals surface area contributed by atoms with Gasteiger partial charge in [0.2, 0.25) is 0 Å². The van der Waals surface area contributed by atoms with Gasteiger partial charge in [0.1, 0.15) is 5.75 Å². The van der Waals surface area contributed by atoms with Gasteiger partial charge in [-0.25, -0.2) is 0 Å². The summed E-state index contributed by atoms with van der Waals surface area (Å²) in [6.45, 7) is 3.74. The number of methoxy groups -OCH3 is 1. The van der Waals surface area contributed by atoms with Crippen LogP contribution in [0.25, 0.3) is 10.9 Å². The number of aromatic nitrogens is 1. The summed E-state index contributed by atoms with van der Waals surface area (Å²) in [5.74, 6) is 0.967. The van der Waals surface area contributed by atoms with Crippen molar-refractivity contribution in [3.05, 3.63) is 30.0 Å². The van der Waals surface area contributed by atoms with Crippen LogP contribution in [0.15, 0.2) is 24.4 Å². The molecule has 2 atom stereocenters. The average Bonchev–Trinajstić information content (AvgIpc) is 3.08. The van der Waals surface area contributed by atoms with E-state index in [1.54, 1.807) is 14.0 Å². The highest BCUT2D eigenvalue weighted by Crippen LogP contribution is 2.35. The Hall–Kier alpha value is -1.81.